The molecule has 7 nitrogen and oxygen atoms in total. The van der Waals surface area contributed by atoms with Gasteiger partial charge in [0.1, 0.15) is 11.5 Å². The molecule has 8 heteroatoms. The zero-order valence-electron chi connectivity index (χ0n) is 16.8. The lowest BCUT2D eigenvalue weighted by Crippen LogP contribution is -2.48. The number of carbonyl (C=O) groups excluding carboxylic acids is 2. The Hall–Kier alpha value is -3.10. The van der Waals surface area contributed by atoms with E-state index in [1.54, 1.807) is 31.3 Å². The highest BCUT2D eigenvalue weighted by molar-refractivity contribution is 7.95. The van der Waals surface area contributed by atoms with Crippen LogP contribution in [0, 0.1) is 0 Å². The monoisotopic (exact) mass is 425 g/mol. The van der Waals surface area contributed by atoms with Crippen LogP contribution in [0.4, 0.5) is 0 Å². The van der Waals surface area contributed by atoms with Gasteiger partial charge >= 0.3 is 0 Å². The minimum absolute atomic E-state index is 0.0599. The van der Waals surface area contributed by atoms with Gasteiger partial charge in [0.25, 0.3) is 11.8 Å². The van der Waals surface area contributed by atoms with E-state index in [2.05, 4.69) is 17.1 Å². The number of rotatable bonds is 5. The number of likely N-dealkylation sites (N-methyl/N-ethyl adjacent to an activating group) is 1. The van der Waals surface area contributed by atoms with E-state index in [0.29, 0.717) is 22.8 Å². The standard InChI is InChI=1S/C22H23N3O4S/c1-4-5-11-20-15(2)30(28)14-19(22(27)25(20)3)23-21(26)18-13-17(29-24-18)12-16-9-7-6-8-10-16/h4-11,13,19H,2,12,14H2,1,3H3,(H,23,26)/b5-4-,20-11+/t19-,30+/m0/s1. The van der Waals surface area contributed by atoms with Gasteiger partial charge < -0.3 is 19.3 Å². The minimum atomic E-state index is -1.52. The van der Waals surface area contributed by atoms with Crippen LogP contribution in [0.3, 0.4) is 0 Å². The van der Waals surface area contributed by atoms with Gasteiger partial charge in [0, 0.05) is 19.5 Å². The smallest absolute Gasteiger partial charge is 0.274 e. The van der Waals surface area contributed by atoms with Crippen molar-refractivity contribution < 1.29 is 18.7 Å². The molecule has 2 heterocycles. The summed E-state index contributed by atoms with van der Waals surface area (Å²) < 4.78 is 17.9. The van der Waals surface area contributed by atoms with Crippen LogP contribution in [-0.4, -0.2) is 45.3 Å². The first-order valence-corrected chi connectivity index (χ1v) is 10.7. The lowest BCUT2D eigenvalue weighted by atomic mass is 10.1. The highest BCUT2D eigenvalue weighted by Crippen LogP contribution is 2.25. The Labute approximate surface area is 178 Å². The van der Waals surface area contributed by atoms with Gasteiger partial charge in [-0.05, 0) is 36.3 Å². The quantitative estimate of drug-likeness (QED) is 0.743. The molecule has 156 valence electrons. The van der Waals surface area contributed by atoms with E-state index in [-0.39, 0.29) is 17.4 Å². The Kier molecular flexibility index (Phi) is 6.91. The third-order valence-corrected chi connectivity index (χ3v) is 6.03. The molecule has 1 aromatic carbocycles. The van der Waals surface area contributed by atoms with Crippen molar-refractivity contribution in [3.8, 4) is 0 Å². The SMILES string of the molecule is C=C1/C(=C\C=C/C)N(C)C(=O)[C@@H](NC(=O)c2cc(Cc3ccccc3)on2)C[S@@+]1[O-]. The van der Waals surface area contributed by atoms with Crippen LogP contribution in [0.15, 0.2) is 76.3 Å². The van der Waals surface area contributed by atoms with Gasteiger partial charge in [-0.25, -0.2) is 0 Å². The second-order valence-electron chi connectivity index (χ2n) is 6.78. The van der Waals surface area contributed by atoms with Gasteiger partial charge in [-0.15, -0.1) is 0 Å². The average Bonchev–Trinajstić information content (AvgIpc) is 3.19. The van der Waals surface area contributed by atoms with Crippen molar-refractivity contribution >= 4 is 23.0 Å². The molecule has 0 saturated carbocycles. The van der Waals surface area contributed by atoms with E-state index in [1.807, 2.05) is 37.3 Å². The Morgan fingerprint density at radius 3 is 2.87 bits per heavy atom. The highest BCUT2D eigenvalue weighted by atomic mass is 32.2. The van der Waals surface area contributed by atoms with Crippen molar-refractivity contribution in [3.05, 3.63) is 88.8 Å². The molecule has 1 saturated heterocycles. The summed E-state index contributed by atoms with van der Waals surface area (Å²) >= 11 is -1.52. The number of benzene rings is 1. The van der Waals surface area contributed by atoms with Gasteiger partial charge in [0.2, 0.25) is 0 Å². The summed E-state index contributed by atoms with van der Waals surface area (Å²) in [6.45, 7) is 5.69. The van der Waals surface area contributed by atoms with Crippen LogP contribution in [0.2, 0.25) is 0 Å². The number of amides is 2. The predicted molar refractivity (Wildman–Crippen MR) is 115 cm³/mol. The van der Waals surface area contributed by atoms with E-state index >= 15 is 0 Å². The van der Waals surface area contributed by atoms with Crippen LogP contribution in [0.5, 0.6) is 0 Å². The van der Waals surface area contributed by atoms with Crippen LogP contribution < -0.4 is 5.32 Å². The molecule has 0 spiro atoms. The van der Waals surface area contributed by atoms with E-state index in [4.69, 9.17) is 4.52 Å². The number of hydrogen-bond acceptors (Lipinski definition) is 5. The number of carbonyl (C=O) groups is 2. The molecular formula is C22H23N3O4S. The third kappa shape index (κ3) is 4.90. The summed E-state index contributed by atoms with van der Waals surface area (Å²) in [6, 6.07) is 10.2. The second-order valence-corrected chi connectivity index (χ2v) is 8.29. The first kappa shape index (κ1) is 21.6. The lowest BCUT2D eigenvalue weighted by Gasteiger charge is -2.19. The summed E-state index contributed by atoms with van der Waals surface area (Å²) in [7, 11) is 1.57. The molecule has 0 bridgehead atoms. The molecule has 1 aromatic heterocycles. The molecule has 2 aromatic rings. The molecule has 1 aliphatic heterocycles. The molecule has 0 radical (unpaired) electrons. The van der Waals surface area contributed by atoms with Gasteiger partial charge in [0.05, 0.1) is 5.70 Å². The minimum Gasteiger partial charge on any atom is -0.611 e. The summed E-state index contributed by atoms with van der Waals surface area (Å²) in [5.41, 5.74) is 1.55. The Balaban J connectivity index is 1.73. The summed E-state index contributed by atoms with van der Waals surface area (Å²) in [5.74, 6) is -0.466. The second kappa shape index (κ2) is 9.60. The fourth-order valence-corrected chi connectivity index (χ4v) is 4.18. The molecule has 2 atom stereocenters. The van der Waals surface area contributed by atoms with Crippen molar-refractivity contribution in [3.63, 3.8) is 0 Å². The number of hydrogen-bond donors (Lipinski definition) is 1. The summed E-state index contributed by atoms with van der Waals surface area (Å²) in [4.78, 5) is 27.2. The maximum absolute atomic E-state index is 12.9. The van der Waals surface area contributed by atoms with E-state index in [9.17, 15) is 14.1 Å². The van der Waals surface area contributed by atoms with Crippen molar-refractivity contribution in [1.29, 1.82) is 0 Å². The van der Waals surface area contributed by atoms with Crippen molar-refractivity contribution in [2.24, 2.45) is 0 Å². The Morgan fingerprint density at radius 2 is 2.17 bits per heavy atom. The molecule has 3 rings (SSSR count). The van der Waals surface area contributed by atoms with E-state index in [0.717, 1.165) is 5.56 Å². The van der Waals surface area contributed by atoms with Crippen LogP contribution in [0.25, 0.3) is 0 Å². The van der Waals surface area contributed by atoms with Gasteiger partial charge in [-0.2, -0.15) is 0 Å². The number of nitrogens with zero attached hydrogens (tertiary/aromatic N) is 2. The number of aromatic nitrogens is 1. The summed E-state index contributed by atoms with van der Waals surface area (Å²) in [6.07, 6.45) is 5.71. The normalized spacial score (nSPS) is 21.3. The van der Waals surface area contributed by atoms with Crippen LogP contribution >= 0.6 is 0 Å². The lowest BCUT2D eigenvalue weighted by molar-refractivity contribution is -0.129. The maximum Gasteiger partial charge on any atom is 0.274 e. The van der Waals surface area contributed by atoms with Crippen LogP contribution in [0.1, 0.15) is 28.7 Å². The molecule has 0 aliphatic carbocycles. The molecule has 30 heavy (non-hydrogen) atoms. The van der Waals surface area contributed by atoms with Gasteiger partial charge in [0.15, 0.2) is 16.6 Å². The predicted octanol–water partition coefficient (Wildman–Crippen LogP) is 2.56. The molecule has 2 amide bonds. The fourth-order valence-electron chi connectivity index (χ4n) is 3.01. The Bertz CT molecular complexity index is 997. The first-order valence-electron chi connectivity index (χ1n) is 9.39. The van der Waals surface area contributed by atoms with Gasteiger partial charge in [-0.3, -0.25) is 9.59 Å². The fraction of sp³-hybridized carbons (Fsp3) is 0.227. The number of allylic oxidation sites excluding steroid dienone is 3. The Morgan fingerprint density at radius 1 is 1.43 bits per heavy atom. The third-order valence-electron chi connectivity index (χ3n) is 4.63. The van der Waals surface area contributed by atoms with E-state index < -0.39 is 23.1 Å². The largest absolute Gasteiger partial charge is 0.611 e. The van der Waals surface area contributed by atoms with E-state index in [1.165, 1.54) is 4.90 Å². The van der Waals surface area contributed by atoms with Crippen molar-refractivity contribution in [1.82, 2.24) is 15.4 Å². The zero-order valence-corrected chi connectivity index (χ0v) is 17.6. The van der Waals surface area contributed by atoms with Crippen LogP contribution in [-0.2, 0) is 22.4 Å². The molecule has 1 aliphatic rings. The highest BCUT2D eigenvalue weighted by Gasteiger charge is 2.38. The van der Waals surface area contributed by atoms with Crippen molar-refractivity contribution in [2.45, 2.75) is 19.4 Å². The topological polar surface area (TPSA) is 98.5 Å². The number of nitrogens with one attached hydrogen (secondary N) is 1. The summed E-state index contributed by atoms with van der Waals surface area (Å²) in [5, 5.41) is 6.44. The van der Waals surface area contributed by atoms with Gasteiger partial charge in [-0.1, -0.05) is 47.6 Å². The van der Waals surface area contributed by atoms with Crippen molar-refractivity contribution in [2.75, 3.05) is 12.8 Å². The zero-order chi connectivity index (χ0) is 21.7. The molecule has 1 N–H and O–H groups in total. The average molecular weight is 426 g/mol. The molecule has 0 unspecified atom stereocenters. The molecule has 1 fully saturated rings. The maximum atomic E-state index is 12.9. The first-order chi connectivity index (χ1) is 14.4. The molecular weight excluding hydrogens is 402 g/mol.